The van der Waals surface area contributed by atoms with E-state index >= 15 is 0 Å². The molecule has 0 fully saturated rings. The molecule has 0 bridgehead atoms. The summed E-state index contributed by atoms with van der Waals surface area (Å²) in [4.78, 5) is 22.4. The van der Waals surface area contributed by atoms with Crippen LogP contribution in [0.4, 0.5) is 0 Å². The minimum atomic E-state index is -0.481. The third-order valence-corrected chi connectivity index (χ3v) is 2.47. The average molecular weight is 249 g/mol. The number of benzene rings is 1. The number of carbonyl (C=O) groups excluding carboxylic acids is 2. The SMILES string of the molecule is CCOC(=O)CC(=O)NCCc1ccc(C)cc1. The van der Waals surface area contributed by atoms with Crippen molar-refractivity contribution in [1.29, 1.82) is 0 Å². The second-order valence-electron chi connectivity index (χ2n) is 4.07. The molecule has 0 saturated carbocycles. The Balaban J connectivity index is 2.23. The van der Waals surface area contributed by atoms with E-state index in [0.29, 0.717) is 13.2 Å². The van der Waals surface area contributed by atoms with E-state index in [4.69, 9.17) is 4.74 Å². The predicted molar refractivity (Wildman–Crippen MR) is 69.1 cm³/mol. The minimum absolute atomic E-state index is 0.207. The first-order valence-electron chi connectivity index (χ1n) is 6.09. The summed E-state index contributed by atoms with van der Waals surface area (Å²) in [5, 5.41) is 2.70. The molecule has 0 radical (unpaired) electrons. The van der Waals surface area contributed by atoms with Gasteiger partial charge in [-0.3, -0.25) is 9.59 Å². The van der Waals surface area contributed by atoms with Crippen molar-refractivity contribution in [2.45, 2.75) is 26.7 Å². The fourth-order valence-electron chi connectivity index (χ4n) is 1.51. The van der Waals surface area contributed by atoms with E-state index in [-0.39, 0.29) is 12.3 Å². The van der Waals surface area contributed by atoms with Gasteiger partial charge in [-0.1, -0.05) is 29.8 Å². The van der Waals surface area contributed by atoms with Crippen LogP contribution in [0.5, 0.6) is 0 Å². The number of esters is 1. The smallest absolute Gasteiger partial charge is 0.315 e. The molecule has 98 valence electrons. The van der Waals surface area contributed by atoms with E-state index in [1.165, 1.54) is 5.56 Å². The highest BCUT2D eigenvalue weighted by atomic mass is 16.5. The van der Waals surface area contributed by atoms with Crippen molar-refractivity contribution in [3.05, 3.63) is 35.4 Å². The molecule has 0 aromatic heterocycles. The second-order valence-corrected chi connectivity index (χ2v) is 4.07. The number of carbonyl (C=O) groups is 2. The Labute approximate surface area is 107 Å². The third-order valence-electron chi connectivity index (χ3n) is 2.47. The van der Waals surface area contributed by atoms with Gasteiger partial charge in [0.1, 0.15) is 6.42 Å². The van der Waals surface area contributed by atoms with Crippen molar-refractivity contribution in [1.82, 2.24) is 5.32 Å². The van der Waals surface area contributed by atoms with Gasteiger partial charge in [-0.15, -0.1) is 0 Å². The van der Waals surface area contributed by atoms with E-state index < -0.39 is 5.97 Å². The molecule has 0 aliphatic rings. The number of ether oxygens (including phenoxy) is 1. The Morgan fingerprint density at radius 3 is 2.50 bits per heavy atom. The first kappa shape index (κ1) is 14.2. The summed E-state index contributed by atoms with van der Waals surface area (Å²) < 4.78 is 4.69. The molecule has 0 aliphatic carbocycles. The Morgan fingerprint density at radius 1 is 1.22 bits per heavy atom. The van der Waals surface area contributed by atoms with Gasteiger partial charge < -0.3 is 10.1 Å². The molecule has 0 atom stereocenters. The van der Waals surface area contributed by atoms with Crippen LogP contribution in [0, 0.1) is 6.92 Å². The van der Waals surface area contributed by atoms with Gasteiger partial charge in [-0.05, 0) is 25.8 Å². The summed E-state index contributed by atoms with van der Waals surface area (Å²) >= 11 is 0. The number of amides is 1. The summed E-state index contributed by atoms with van der Waals surface area (Å²) in [6.07, 6.45) is 0.552. The van der Waals surface area contributed by atoms with Gasteiger partial charge in [-0.2, -0.15) is 0 Å². The highest BCUT2D eigenvalue weighted by Crippen LogP contribution is 2.03. The van der Waals surface area contributed by atoms with E-state index in [2.05, 4.69) is 5.32 Å². The highest BCUT2D eigenvalue weighted by Gasteiger charge is 2.08. The molecule has 4 heteroatoms. The van der Waals surface area contributed by atoms with Crippen LogP contribution < -0.4 is 5.32 Å². The fourth-order valence-corrected chi connectivity index (χ4v) is 1.51. The molecule has 0 heterocycles. The van der Waals surface area contributed by atoms with E-state index in [9.17, 15) is 9.59 Å². The quantitative estimate of drug-likeness (QED) is 0.615. The maximum absolute atomic E-state index is 11.4. The lowest BCUT2D eigenvalue weighted by Crippen LogP contribution is -2.28. The number of rotatable bonds is 6. The highest BCUT2D eigenvalue weighted by molar-refractivity contribution is 5.94. The zero-order chi connectivity index (χ0) is 13.4. The van der Waals surface area contributed by atoms with Crippen molar-refractivity contribution in [3.63, 3.8) is 0 Å². The second kappa shape index (κ2) is 7.48. The summed E-state index contributed by atoms with van der Waals surface area (Å²) in [6, 6.07) is 8.14. The lowest BCUT2D eigenvalue weighted by atomic mass is 10.1. The van der Waals surface area contributed by atoms with Crippen LogP contribution in [0.1, 0.15) is 24.5 Å². The lowest BCUT2D eigenvalue weighted by molar-refractivity contribution is -0.145. The summed E-state index contributed by atoms with van der Waals surface area (Å²) in [5.41, 5.74) is 2.38. The van der Waals surface area contributed by atoms with Gasteiger partial charge in [0.15, 0.2) is 0 Å². The average Bonchev–Trinajstić information content (AvgIpc) is 2.32. The normalized spacial score (nSPS) is 9.89. The number of nitrogens with one attached hydrogen (secondary N) is 1. The lowest BCUT2D eigenvalue weighted by Gasteiger charge is -2.05. The van der Waals surface area contributed by atoms with Crippen LogP contribution in [0.25, 0.3) is 0 Å². The van der Waals surface area contributed by atoms with E-state index in [1.54, 1.807) is 6.92 Å². The van der Waals surface area contributed by atoms with Gasteiger partial charge >= 0.3 is 5.97 Å². The monoisotopic (exact) mass is 249 g/mol. The molecule has 18 heavy (non-hydrogen) atoms. The van der Waals surface area contributed by atoms with Crippen LogP contribution in [-0.4, -0.2) is 25.0 Å². The van der Waals surface area contributed by atoms with Gasteiger partial charge in [0, 0.05) is 6.54 Å². The molecule has 1 amide bonds. The molecule has 1 rings (SSSR count). The van der Waals surface area contributed by atoms with Crippen LogP contribution >= 0.6 is 0 Å². The van der Waals surface area contributed by atoms with E-state index in [1.807, 2.05) is 31.2 Å². The van der Waals surface area contributed by atoms with Gasteiger partial charge in [0.25, 0.3) is 0 Å². The molecule has 4 nitrogen and oxygen atoms in total. The Morgan fingerprint density at radius 2 is 1.89 bits per heavy atom. The predicted octanol–water partition coefficient (Wildman–Crippen LogP) is 1.61. The van der Waals surface area contributed by atoms with Crippen molar-refractivity contribution >= 4 is 11.9 Å². The number of hydrogen-bond donors (Lipinski definition) is 1. The summed E-state index contributed by atoms with van der Waals surface area (Å²) in [7, 11) is 0. The molecule has 1 aromatic rings. The number of aryl methyl sites for hydroxylation is 1. The molecular formula is C14H19NO3. The van der Waals surface area contributed by atoms with Gasteiger partial charge in [-0.25, -0.2) is 0 Å². The molecular weight excluding hydrogens is 230 g/mol. The summed E-state index contributed by atoms with van der Waals surface area (Å²) in [6.45, 7) is 4.58. The topological polar surface area (TPSA) is 55.4 Å². The van der Waals surface area contributed by atoms with Crippen molar-refractivity contribution < 1.29 is 14.3 Å². The minimum Gasteiger partial charge on any atom is -0.466 e. The van der Waals surface area contributed by atoms with Gasteiger partial charge in [0.2, 0.25) is 5.91 Å². The Hall–Kier alpha value is -1.84. The van der Waals surface area contributed by atoms with Crippen molar-refractivity contribution in [2.75, 3.05) is 13.2 Å². The Bertz CT molecular complexity index is 398. The summed E-state index contributed by atoms with van der Waals surface area (Å²) in [5.74, 6) is -0.772. The maximum atomic E-state index is 11.4. The fraction of sp³-hybridized carbons (Fsp3) is 0.429. The van der Waals surface area contributed by atoms with Crippen LogP contribution in [0.2, 0.25) is 0 Å². The van der Waals surface area contributed by atoms with Crippen LogP contribution in [0.3, 0.4) is 0 Å². The zero-order valence-corrected chi connectivity index (χ0v) is 10.9. The maximum Gasteiger partial charge on any atom is 0.315 e. The largest absolute Gasteiger partial charge is 0.466 e. The molecule has 1 aromatic carbocycles. The standard InChI is InChI=1S/C14H19NO3/c1-3-18-14(17)10-13(16)15-9-8-12-6-4-11(2)5-7-12/h4-7H,3,8-10H2,1-2H3,(H,15,16). The van der Waals surface area contributed by atoms with Crippen molar-refractivity contribution in [3.8, 4) is 0 Å². The molecule has 1 N–H and O–H groups in total. The molecule has 0 aliphatic heterocycles. The first-order valence-corrected chi connectivity index (χ1v) is 6.09. The first-order chi connectivity index (χ1) is 8.61. The number of hydrogen-bond acceptors (Lipinski definition) is 3. The molecule has 0 unspecified atom stereocenters. The Kier molecular flexibility index (Phi) is 5.91. The van der Waals surface area contributed by atoms with Crippen molar-refractivity contribution in [2.24, 2.45) is 0 Å². The molecule has 0 saturated heterocycles. The van der Waals surface area contributed by atoms with E-state index in [0.717, 1.165) is 12.0 Å². The zero-order valence-electron chi connectivity index (χ0n) is 10.9. The third kappa shape index (κ3) is 5.48. The van der Waals surface area contributed by atoms with Crippen LogP contribution in [-0.2, 0) is 20.7 Å². The molecule has 0 spiro atoms. The van der Waals surface area contributed by atoms with Gasteiger partial charge in [0.05, 0.1) is 6.61 Å². The van der Waals surface area contributed by atoms with Crippen LogP contribution in [0.15, 0.2) is 24.3 Å².